The molecule has 6 nitrogen and oxygen atoms in total. The first kappa shape index (κ1) is 23.4. The standard InChI is InChI=1S/C21H24ClF3N2O4/c22-15-9-5-4-6-12(15)10-11-14-16(19(29)30)27(18(14)28)20(31)26-17(21(23,24)25)13-7-2-1-3-8-13/h4-6,9,13-14,16-17H,1-3,7-8,10-11H2,(H,26,31)(H,29,30)/t14-,16+,17+/m1/s1. The van der Waals surface area contributed by atoms with Crippen LogP contribution in [0.15, 0.2) is 24.3 Å². The molecule has 1 saturated carbocycles. The molecule has 2 N–H and O–H groups in total. The molecule has 1 heterocycles. The van der Waals surface area contributed by atoms with Crippen LogP contribution in [-0.2, 0) is 16.0 Å². The Kier molecular flexibility index (Phi) is 7.13. The predicted octanol–water partition coefficient (Wildman–Crippen LogP) is 4.41. The summed E-state index contributed by atoms with van der Waals surface area (Å²) in [7, 11) is 0. The van der Waals surface area contributed by atoms with Crippen molar-refractivity contribution in [1.82, 2.24) is 10.2 Å². The van der Waals surface area contributed by atoms with Crippen molar-refractivity contribution in [2.24, 2.45) is 11.8 Å². The number of halogens is 4. The summed E-state index contributed by atoms with van der Waals surface area (Å²) in [6.45, 7) is 0. The molecule has 0 spiro atoms. The van der Waals surface area contributed by atoms with Crippen LogP contribution >= 0.6 is 11.6 Å². The second-order valence-corrected chi connectivity index (χ2v) is 8.50. The predicted molar refractivity (Wildman–Crippen MR) is 106 cm³/mol. The number of aryl methyl sites for hydroxylation is 1. The number of likely N-dealkylation sites (tertiary alicyclic amines) is 1. The smallest absolute Gasteiger partial charge is 0.408 e. The van der Waals surface area contributed by atoms with Gasteiger partial charge in [0.25, 0.3) is 0 Å². The number of hydrogen-bond acceptors (Lipinski definition) is 3. The zero-order valence-electron chi connectivity index (χ0n) is 16.7. The Hall–Kier alpha value is -2.29. The first-order valence-corrected chi connectivity index (χ1v) is 10.7. The molecule has 1 aromatic carbocycles. The number of urea groups is 1. The van der Waals surface area contributed by atoms with Crippen LogP contribution in [0.25, 0.3) is 0 Å². The molecule has 3 amide bonds. The molecule has 0 bridgehead atoms. The van der Waals surface area contributed by atoms with Crippen molar-refractivity contribution in [2.45, 2.75) is 63.2 Å². The molecule has 2 aliphatic rings. The van der Waals surface area contributed by atoms with Crippen LogP contribution < -0.4 is 5.32 Å². The Morgan fingerprint density at radius 2 is 1.84 bits per heavy atom. The molecule has 170 valence electrons. The number of nitrogens with zero attached hydrogens (tertiary/aromatic N) is 1. The van der Waals surface area contributed by atoms with E-state index in [2.05, 4.69) is 0 Å². The fourth-order valence-electron chi connectivity index (χ4n) is 4.49. The van der Waals surface area contributed by atoms with Crippen molar-refractivity contribution in [2.75, 3.05) is 0 Å². The molecule has 1 aliphatic carbocycles. The summed E-state index contributed by atoms with van der Waals surface area (Å²) in [5, 5.41) is 11.9. The lowest BCUT2D eigenvalue weighted by Gasteiger charge is -2.44. The highest BCUT2D eigenvalue weighted by atomic mass is 35.5. The topological polar surface area (TPSA) is 86.7 Å². The summed E-state index contributed by atoms with van der Waals surface area (Å²) in [5.74, 6) is -4.01. The van der Waals surface area contributed by atoms with Crippen molar-refractivity contribution in [1.29, 1.82) is 0 Å². The largest absolute Gasteiger partial charge is 0.480 e. The molecule has 3 atom stereocenters. The maximum absolute atomic E-state index is 13.6. The summed E-state index contributed by atoms with van der Waals surface area (Å²) in [6.07, 6.45) is -1.50. The number of hydrogen-bond donors (Lipinski definition) is 2. The third-order valence-corrected chi connectivity index (χ3v) is 6.49. The fraction of sp³-hybridized carbons (Fsp3) is 0.571. The Morgan fingerprint density at radius 3 is 2.42 bits per heavy atom. The van der Waals surface area contributed by atoms with Crippen molar-refractivity contribution >= 4 is 29.5 Å². The van der Waals surface area contributed by atoms with Crippen LogP contribution in [-0.4, -0.2) is 46.2 Å². The summed E-state index contributed by atoms with van der Waals surface area (Å²) in [6, 6.07) is 1.97. The van der Waals surface area contributed by atoms with Crippen LogP contribution in [0.2, 0.25) is 5.02 Å². The van der Waals surface area contributed by atoms with Crippen molar-refractivity contribution < 1.29 is 32.7 Å². The average molecular weight is 461 g/mol. The number of alkyl halides is 3. The second-order valence-electron chi connectivity index (χ2n) is 8.09. The van der Waals surface area contributed by atoms with Crippen LogP contribution in [0.1, 0.15) is 44.1 Å². The van der Waals surface area contributed by atoms with E-state index >= 15 is 0 Å². The number of carboxylic acid groups (broad SMARTS) is 1. The third kappa shape index (κ3) is 5.14. The van der Waals surface area contributed by atoms with Crippen molar-refractivity contribution in [3.63, 3.8) is 0 Å². The zero-order chi connectivity index (χ0) is 22.8. The second kappa shape index (κ2) is 9.46. The van der Waals surface area contributed by atoms with Gasteiger partial charge in [-0.15, -0.1) is 0 Å². The SMILES string of the molecule is O=C(O)[C@@H]1[C@@H](CCc2ccccc2Cl)C(=O)N1C(=O)N[C@@H](C1CCCCC1)C(F)(F)F. The minimum atomic E-state index is -4.69. The zero-order valence-corrected chi connectivity index (χ0v) is 17.5. The quantitative estimate of drug-likeness (QED) is 0.616. The molecule has 1 aromatic rings. The van der Waals surface area contributed by atoms with Gasteiger partial charge in [-0.3, -0.25) is 4.79 Å². The van der Waals surface area contributed by atoms with E-state index in [0.717, 1.165) is 12.0 Å². The van der Waals surface area contributed by atoms with Crippen LogP contribution in [0, 0.1) is 11.8 Å². The van der Waals surface area contributed by atoms with Crippen LogP contribution in [0.5, 0.6) is 0 Å². The lowest BCUT2D eigenvalue weighted by Crippen LogP contribution is -2.69. The van der Waals surface area contributed by atoms with Gasteiger partial charge in [0.2, 0.25) is 5.91 Å². The first-order chi connectivity index (χ1) is 14.6. The normalized spacial score (nSPS) is 23.2. The van der Waals surface area contributed by atoms with E-state index in [4.69, 9.17) is 11.6 Å². The number of benzene rings is 1. The lowest BCUT2D eigenvalue weighted by atomic mass is 9.82. The number of carbonyl (C=O) groups excluding carboxylic acids is 2. The molecular weight excluding hydrogens is 437 g/mol. The van der Waals surface area contributed by atoms with Gasteiger partial charge in [0.15, 0.2) is 6.04 Å². The highest BCUT2D eigenvalue weighted by Crippen LogP contribution is 2.36. The highest BCUT2D eigenvalue weighted by Gasteiger charge is 2.56. The van der Waals surface area contributed by atoms with Gasteiger partial charge < -0.3 is 10.4 Å². The van der Waals surface area contributed by atoms with E-state index in [-0.39, 0.29) is 6.42 Å². The van der Waals surface area contributed by atoms with Crippen molar-refractivity contribution in [3.8, 4) is 0 Å². The molecule has 31 heavy (non-hydrogen) atoms. The van der Waals surface area contributed by atoms with Gasteiger partial charge >= 0.3 is 18.2 Å². The van der Waals surface area contributed by atoms with Gasteiger partial charge in [0.05, 0.1) is 5.92 Å². The van der Waals surface area contributed by atoms with E-state index in [1.807, 2.05) is 5.32 Å². The monoisotopic (exact) mass is 460 g/mol. The maximum atomic E-state index is 13.6. The Labute approximate surface area is 182 Å². The number of β-lactam (4-membered cyclic amide) rings is 1. The Balaban J connectivity index is 1.69. The molecule has 1 saturated heterocycles. The molecule has 0 unspecified atom stereocenters. The van der Waals surface area contributed by atoms with E-state index < -0.39 is 48.0 Å². The minimum absolute atomic E-state index is 0.120. The van der Waals surface area contributed by atoms with Gasteiger partial charge in [-0.1, -0.05) is 49.1 Å². The summed E-state index contributed by atoms with van der Waals surface area (Å²) in [5.41, 5.74) is 0.721. The number of amides is 3. The summed E-state index contributed by atoms with van der Waals surface area (Å²) >= 11 is 6.07. The minimum Gasteiger partial charge on any atom is -0.480 e. The number of imide groups is 1. The van der Waals surface area contributed by atoms with Crippen molar-refractivity contribution in [3.05, 3.63) is 34.9 Å². The highest BCUT2D eigenvalue weighted by molar-refractivity contribution is 6.31. The average Bonchev–Trinajstić information content (AvgIpc) is 2.71. The molecule has 0 aromatic heterocycles. The number of aliphatic carboxylic acids is 1. The van der Waals surface area contributed by atoms with Crippen LogP contribution in [0.3, 0.4) is 0 Å². The first-order valence-electron chi connectivity index (χ1n) is 10.3. The van der Waals surface area contributed by atoms with Crippen LogP contribution in [0.4, 0.5) is 18.0 Å². The van der Waals surface area contributed by atoms with Gasteiger partial charge in [-0.05, 0) is 43.2 Å². The Morgan fingerprint density at radius 1 is 1.19 bits per heavy atom. The fourth-order valence-corrected chi connectivity index (χ4v) is 4.72. The van der Waals surface area contributed by atoms with Gasteiger partial charge in [-0.2, -0.15) is 13.2 Å². The van der Waals surface area contributed by atoms with Gasteiger partial charge in [0.1, 0.15) is 6.04 Å². The molecule has 0 radical (unpaired) electrons. The van der Waals surface area contributed by atoms with E-state index in [1.54, 1.807) is 24.3 Å². The number of rotatable bonds is 6. The molecule has 3 rings (SSSR count). The van der Waals surface area contributed by atoms with E-state index in [0.29, 0.717) is 42.0 Å². The lowest BCUT2D eigenvalue weighted by molar-refractivity contribution is -0.173. The van der Waals surface area contributed by atoms with E-state index in [9.17, 15) is 32.7 Å². The summed E-state index contributed by atoms with van der Waals surface area (Å²) < 4.78 is 40.7. The van der Waals surface area contributed by atoms with Gasteiger partial charge in [0, 0.05) is 5.02 Å². The maximum Gasteiger partial charge on any atom is 0.408 e. The number of carboxylic acids is 1. The molecule has 10 heteroatoms. The molecular formula is C21H24ClF3N2O4. The molecule has 2 fully saturated rings. The third-order valence-electron chi connectivity index (χ3n) is 6.12. The van der Waals surface area contributed by atoms with E-state index in [1.165, 1.54) is 0 Å². The number of nitrogens with one attached hydrogen (secondary N) is 1. The number of carbonyl (C=O) groups is 3. The summed E-state index contributed by atoms with van der Waals surface area (Å²) in [4.78, 5) is 37.1. The van der Waals surface area contributed by atoms with Gasteiger partial charge in [-0.25, -0.2) is 14.5 Å². The Bertz CT molecular complexity index is 842. The molecule has 1 aliphatic heterocycles.